The van der Waals surface area contributed by atoms with E-state index in [1.807, 2.05) is 17.0 Å². The number of ether oxygens (including phenoxy) is 2. The van der Waals surface area contributed by atoms with Crippen LogP contribution in [0.25, 0.3) is 11.0 Å². The van der Waals surface area contributed by atoms with Crippen LogP contribution in [0.3, 0.4) is 0 Å². The molecule has 15 nitrogen and oxygen atoms in total. The average molecular weight is 631 g/mol. The number of amides is 3. The summed E-state index contributed by atoms with van der Waals surface area (Å²) in [7, 11) is 1.72. The standard InChI is InChI=1S/C31H34N8O7/c1-38-28-23(13-34-38)31(44)37-26(36-28)16-39-14-24-25(15-39)46-21-5-3-18(4-6-21)12-33-27(41)17-45-22-10-19(29(42)32-7-2-8-40)9-20(11-22)30(43)35-24/h3-6,9-11,13,24-25,40H,2,7-8,12,14-17H2,1H3,(H,32,42)(H,33,41)(H,35,43)(H,36,37,44)/t24-,25-/m0/s1. The molecule has 2 aromatic heterocycles. The number of nitrogens with zero attached hydrogens (tertiary/aromatic N) is 4. The van der Waals surface area contributed by atoms with E-state index in [4.69, 9.17) is 14.6 Å². The van der Waals surface area contributed by atoms with Crippen molar-refractivity contribution in [3.8, 4) is 11.5 Å². The van der Waals surface area contributed by atoms with Gasteiger partial charge in [-0.2, -0.15) is 5.10 Å². The van der Waals surface area contributed by atoms with E-state index in [0.717, 1.165) is 5.56 Å². The molecule has 3 aliphatic rings. The summed E-state index contributed by atoms with van der Waals surface area (Å²) in [4.78, 5) is 61.1. The highest BCUT2D eigenvalue weighted by Crippen LogP contribution is 2.23. The second-order valence-corrected chi connectivity index (χ2v) is 11.2. The van der Waals surface area contributed by atoms with Gasteiger partial charge in [0.25, 0.3) is 23.3 Å². The maximum atomic E-state index is 13.7. The van der Waals surface area contributed by atoms with Gasteiger partial charge < -0.3 is 35.5 Å². The summed E-state index contributed by atoms with van der Waals surface area (Å²) in [5.41, 5.74) is 1.36. The van der Waals surface area contributed by atoms with Gasteiger partial charge in [0.2, 0.25) is 0 Å². The number of aromatic amines is 1. The summed E-state index contributed by atoms with van der Waals surface area (Å²) in [6, 6.07) is 11.2. The van der Waals surface area contributed by atoms with E-state index in [-0.39, 0.29) is 54.6 Å². The van der Waals surface area contributed by atoms with Crippen LogP contribution in [0.2, 0.25) is 0 Å². The van der Waals surface area contributed by atoms with Gasteiger partial charge in [0.1, 0.15) is 28.8 Å². The Balaban J connectivity index is 1.29. The largest absolute Gasteiger partial charge is 0.487 e. The second-order valence-electron chi connectivity index (χ2n) is 11.2. The first-order valence-corrected chi connectivity index (χ1v) is 14.9. The van der Waals surface area contributed by atoms with Gasteiger partial charge in [-0.05, 0) is 42.3 Å². The number of hydrogen-bond donors (Lipinski definition) is 5. The molecule has 3 aliphatic heterocycles. The van der Waals surface area contributed by atoms with E-state index in [2.05, 4.69) is 31.0 Å². The number of hydrogen-bond acceptors (Lipinski definition) is 10. The Kier molecular flexibility index (Phi) is 8.94. The zero-order valence-electron chi connectivity index (χ0n) is 25.1. The molecule has 5 heterocycles. The van der Waals surface area contributed by atoms with Crippen molar-refractivity contribution in [2.45, 2.75) is 31.7 Å². The molecule has 0 spiro atoms. The molecule has 46 heavy (non-hydrogen) atoms. The number of carbonyl (C=O) groups is 3. The van der Waals surface area contributed by atoms with Gasteiger partial charge in [-0.25, -0.2) is 4.98 Å². The molecule has 0 saturated carbocycles. The Morgan fingerprint density at radius 2 is 1.93 bits per heavy atom. The number of aryl methyl sites for hydroxylation is 1. The molecule has 7 rings (SSSR count). The fraction of sp³-hybridized carbons (Fsp3) is 0.355. The third-order valence-electron chi connectivity index (χ3n) is 7.80. The summed E-state index contributed by atoms with van der Waals surface area (Å²) in [6.07, 6.45) is 1.37. The monoisotopic (exact) mass is 630 g/mol. The molecule has 1 fully saturated rings. The minimum Gasteiger partial charge on any atom is -0.487 e. The van der Waals surface area contributed by atoms with Crippen molar-refractivity contribution in [2.75, 3.05) is 32.8 Å². The van der Waals surface area contributed by atoms with Crippen LogP contribution in [0.5, 0.6) is 11.5 Å². The van der Waals surface area contributed by atoms with Crippen molar-refractivity contribution >= 4 is 28.8 Å². The number of fused-ring (bicyclic) bond motifs is 8. The molecule has 240 valence electrons. The van der Waals surface area contributed by atoms with Crippen molar-refractivity contribution in [1.29, 1.82) is 0 Å². The molecular formula is C31H34N8O7. The lowest BCUT2D eigenvalue weighted by Crippen LogP contribution is -2.45. The molecule has 0 aliphatic carbocycles. The number of aliphatic hydroxyl groups is 1. The number of likely N-dealkylation sites (tertiary alicyclic amines) is 1. The van der Waals surface area contributed by atoms with E-state index in [9.17, 15) is 19.2 Å². The van der Waals surface area contributed by atoms with E-state index < -0.39 is 24.0 Å². The quantitative estimate of drug-likeness (QED) is 0.179. The van der Waals surface area contributed by atoms with Crippen LogP contribution in [0.1, 0.15) is 38.5 Å². The Labute approximate surface area is 262 Å². The van der Waals surface area contributed by atoms with Crippen LogP contribution in [0, 0.1) is 0 Å². The lowest BCUT2D eigenvalue weighted by molar-refractivity contribution is -0.123. The van der Waals surface area contributed by atoms with Gasteiger partial charge in [0, 0.05) is 51.0 Å². The van der Waals surface area contributed by atoms with Gasteiger partial charge in [-0.3, -0.25) is 28.8 Å². The average Bonchev–Trinajstić information content (AvgIpc) is 3.61. The van der Waals surface area contributed by atoms with Crippen molar-refractivity contribution in [3.05, 3.63) is 81.5 Å². The molecule has 5 N–H and O–H groups in total. The van der Waals surface area contributed by atoms with Crippen LogP contribution in [0.4, 0.5) is 0 Å². The number of aliphatic hydroxyl groups excluding tert-OH is 1. The zero-order valence-corrected chi connectivity index (χ0v) is 25.1. The SMILES string of the molecule is Cn1ncc2c(=O)[nH]c(CN3C[C@@H]4NC(=O)c5cc(cc(C(=O)NCCCO)c5)OCC(=O)NCc5ccc(cc5)O[C@H]4C3)nc21. The number of benzene rings is 2. The molecule has 3 amide bonds. The summed E-state index contributed by atoms with van der Waals surface area (Å²) in [6.45, 7) is 1.20. The van der Waals surface area contributed by atoms with E-state index in [1.54, 1.807) is 23.9 Å². The van der Waals surface area contributed by atoms with Crippen LogP contribution in [-0.4, -0.2) is 92.5 Å². The maximum absolute atomic E-state index is 13.7. The predicted molar refractivity (Wildman–Crippen MR) is 164 cm³/mol. The van der Waals surface area contributed by atoms with Gasteiger partial charge in [-0.1, -0.05) is 12.1 Å². The molecule has 4 aromatic rings. The van der Waals surface area contributed by atoms with Crippen molar-refractivity contribution in [1.82, 2.24) is 40.6 Å². The van der Waals surface area contributed by atoms with Gasteiger partial charge in [-0.15, -0.1) is 0 Å². The Morgan fingerprint density at radius 3 is 2.74 bits per heavy atom. The minimum absolute atomic E-state index is 0.0821. The van der Waals surface area contributed by atoms with Crippen LogP contribution < -0.4 is 31.0 Å². The highest BCUT2D eigenvalue weighted by Gasteiger charge is 2.36. The van der Waals surface area contributed by atoms with Gasteiger partial charge >= 0.3 is 0 Å². The van der Waals surface area contributed by atoms with Crippen LogP contribution in [0.15, 0.2) is 53.5 Å². The fourth-order valence-corrected chi connectivity index (χ4v) is 5.44. The zero-order chi connectivity index (χ0) is 32.2. The van der Waals surface area contributed by atoms with Gasteiger partial charge in [0.05, 0.1) is 18.8 Å². The molecule has 1 saturated heterocycles. The number of rotatable bonds is 6. The van der Waals surface area contributed by atoms with Crippen molar-refractivity contribution in [2.24, 2.45) is 7.05 Å². The van der Waals surface area contributed by atoms with E-state index >= 15 is 0 Å². The molecular weight excluding hydrogens is 596 g/mol. The summed E-state index contributed by atoms with van der Waals surface area (Å²) in [5, 5.41) is 22.1. The Bertz CT molecular complexity index is 1820. The first-order chi connectivity index (χ1) is 22.2. The number of carbonyl (C=O) groups excluding carboxylic acids is 3. The predicted octanol–water partition coefficient (Wildman–Crippen LogP) is -0.161. The maximum Gasteiger partial charge on any atom is 0.262 e. The molecule has 0 unspecified atom stereocenters. The van der Waals surface area contributed by atoms with Crippen molar-refractivity contribution in [3.63, 3.8) is 0 Å². The molecule has 0 radical (unpaired) electrons. The molecule has 15 heteroatoms. The summed E-state index contributed by atoms with van der Waals surface area (Å²) < 4.78 is 13.6. The summed E-state index contributed by atoms with van der Waals surface area (Å²) >= 11 is 0. The smallest absolute Gasteiger partial charge is 0.262 e. The van der Waals surface area contributed by atoms with Gasteiger partial charge in [0.15, 0.2) is 12.3 Å². The van der Waals surface area contributed by atoms with E-state index in [1.165, 1.54) is 24.4 Å². The highest BCUT2D eigenvalue weighted by atomic mass is 16.5. The topological polar surface area (TPSA) is 193 Å². The highest BCUT2D eigenvalue weighted by molar-refractivity contribution is 6.00. The lowest BCUT2D eigenvalue weighted by Gasteiger charge is -2.22. The Hall–Kier alpha value is -5.28. The molecule has 2 aromatic carbocycles. The first-order valence-electron chi connectivity index (χ1n) is 14.9. The second kappa shape index (κ2) is 13.4. The first kappa shape index (κ1) is 30.7. The number of aromatic nitrogens is 4. The van der Waals surface area contributed by atoms with E-state index in [0.29, 0.717) is 48.7 Å². The number of nitrogens with one attached hydrogen (secondary N) is 4. The third kappa shape index (κ3) is 7.00. The third-order valence-corrected chi connectivity index (χ3v) is 7.80. The lowest BCUT2D eigenvalue weighted by atomic mass is 10.1. The van der Waals surface area contributed by atoms with Crippen LogP contribution in [-0.2, 0) is 24.9 Å². The normalized spacial score (nSPS) is 18.7. The van der Waals surface area contributed by atoms with Crippen LogP contribution >= 0.6 is 0 Å². The Morgan fingerprint density at radius 1 is 1.11 bits per heavy atom. The number of H-pyrrole nitrogens is 1. The minimum atomic E-state index is -0.482. The summed E-state index contributed by atoms with van der Waals surface area (Å²) in [5.74, 6) is -0.0895. The van der Waals surface area contributed by atoms with Crippen molar-refractivity contribution < 1.29 is 29.0 Å². The molecule has 2 atom stereocenters. The fourth-order valence-electron chi connectivity index (χ4n) is 5.44. The molecule has 4 bridgehead atoms.